The first-order valence-electron chi connectivity index (χ1n) is 6.41. The van der Waals surface area contributed by atoms with Crippen LogP contribution in [-0.4, -0.2) is 13.2 Å². The molecule has 1 aromatic rings. The van der Waals surface area contributed by atoms with Gasteiger partial charge in [-0.05, 0) is 30.0 Å². The minimum absolute atomic E-state index is 0.0371. The Kier molecular flexibility index (Phi) is 5.01. The van der Waals surface area contributed by atoms with Gasteiger partial charge in [0.1, 0.15) is 5.75 Å². The van der Waals surface area contributed by atoms with E-state index in [4.69, 9.17) is 10.5 Å². The van der Waals surface area contributed by atoms with E-state index in [0.717, 1.165) is 5.75 Å². The Morgan fingerprint density at radius 1 is 1.24 bits per heavy atom. The highest BCUT2D eigenvalue weighted by atomic mass is 16.5. The zero-order chi connectivity index (χ0) is 12.9. The van der Waals surface area contributed by atoms with Crippen LogP contribution in [0.2, 0.25) is 0 Å². The molecule has 0 fully saturated rings. The summed E-state index contributed by atoms with van der Waals surface area (Å²) in [6, 6.07) is 8.40. The zero-order valence-corrected chi connectivity index (χ0v) is 11.5. The molecule has 2 heteroatoms. The number of benzene rings is 1. The molecule has 0 aromatic heterocycles. The van der Waals surface area contributed by atoms with Crippen molar-refractivity contribution in [1.82, 2.24) is 0 Å². The summed E-state index contributed by atoms with van der Waals surface area (Å²) in [6.45, 7) is 9.97. The van der Waals surface area contributed by atoms with Crippen molar-refractivity contribution in [3.63, 3.8) is 0 Å². The van der Waals surface area contributed by atoms with Gasteiger partial charge in [-0.2, -0.15) is 0 Å². The van der Waals surface area contributed by atoms with Gasteiger partial charge in [-0.3, -0.25) is 0 Å². The van der Waals surface area contributed by atoms with Crippen LogP contribution in [0.25, 0.3) is 0 Å². The van der Waals surface area contributed by atoms with Gasteiger partial charge in [-0.25, -0.2) is 0 Å². The molecule has 2 nitrogen and oxygen atoms in total. The minimum atomic E-state index is 0.0371. The van der Waals surface area contributed by atoms with E-state index in [1.807, 2.05) is 12.1 Å². The molecule has 0 aliphatic rings. The number of rotatable bonds is 6. The Morgan fingerprint density at radius 2 is 1.82 bits per heavy atom. The first-order chi connectivity index (χ1) is 7.98. The van der Waals surface area contributed by atoms with E-state index in [1.54, 1.807) is 0 Å². The molecule has 0 saturated carbocycles. The van der Waals surface area contributed by atoms with Crippen LogP contribution in [0, 0.1) is 5.41 Å². The van der Waals surface area contributed by atoms with Crippen molar-refractivity contribution in [3.05, 3.63) is 29.8 Å². The molecule has 0 bridgehead atoms. The lowest BCUT2D eigenvalue weighted by atomic mass is 9.95. The van der Waals surface area contributed by atoms with Gasteiger partial charge in [0, 0.05) is 12.0 Å². The van der Waals surface area contributed by atoms with Crippen molar-refractivity contribution in [3.8, 4) is 5.75 Å². The van der Waals surface area contributed by atoms with Crippen molar-refractivity contribution in [2.24, 2.45) is 11.1 Å². The van der Waals surface area contributed by atoms with Crippen LogP contribution in [0.15, 0.2) is 24.3 Å². The highest BCUT2D eigenvalue weighted by Gasteiger charge is 2.16. The summed E-state index contributed by atoms with van der Waals surface area (Å²) in [5, 5.41) is 0. The summed E-state index contributed by atoms with van der Waals surface area (Å²) < 4.78 is 5.75. The van der Waals surface area contributed by atoms with E-state index in [1.165, 1.54) is 12.0 Å². The average Bonchev–Trinajstić information content (AvgIpc) is 2.36. The molecule has 0 amide bonds. The van der Waals surface area contributed by atoms with Gasteiger partial charge in [-0.15, -0.1) is 0 Å². The van der Waals surface area contributed by atoms with E-state index < -0.39 is 0 Å². The summed E-state index contributed by atoms with van der Waals surface area (Å²) in [5.74, 6) is 1.54. The van der Waals surface area contributed by atoms with Crippen molar-refractivity contribution in [1.29, 1.82) is 0 Å². The lowest BCUT2D eigenvalue weighted by Gasteiger charge is -2.22. The van der Waals surface area contributed by atoms with Gasteiger partial charge in [0.25, 0.3) is 0 Å². The fourth-order valence-electron chi connectivity index (χ4n) is 1.47. The molecule has 0 radical (unpaired) electrons. The van der Waals surface area contributed by atoms with Crippen molar-refractivity contribution >= 4 is 0 Å². The first kappa shape index (κ1) is 14.0. The van der Waals surface area contributed by atoms with Crippen LogP contribution in [-0.2, 0) is 0 Å². The Morgan fingerprint density at radius 3 is 2.29 bits per heavy atom. The Bertz CT molecular complexity index is 329. The Balaban J connectivity index is 2.57. The van der Waals surface area contributed by atoms with Crippen LogP contribution >= 0.6 is 0 Å². The van der Waals surface area contributed by atoms with Gasteiger partial charge >= 0.3 is 0 Å². The molecule has 17 heavy (non-hydrogen) atoms. The first-order valence-corrected chi connectivity index (χ1v) is 6.41. The Hall–Kier alpha value is -1.02. The van der Waals surface area contributed by atoms with Crippen molar-refractivity contribution in [2.75, 3.05) is 13.2 Å². The maximum Gasteiger partial charge on any atom is 0.119 e. The molecule has 96 valence electrons. The van der Waals surface area contributed by atoms with E-state index in [0.29, 0.717) is 19.1 Å². The molecule has 2 N–H and O–H groups in total. The molecular weight excluding hydrogens is 210 g/mol. The largest absolute Gasteiger partial charge is 0.493 e. The summed E-state index contributed by atoms with van der Waals surface area (Å²) in [6.07, 6.45) is 1.17. The molecule has 0 aliphatic heterocycles. The predicted molar refractivity (Wildman–Crippen MR) is 73.5 cm³/mol. The molecular formula is C15H25NO. The summed E-state index contributed by atoms with van der Waals surface area (Å²) >= 11 is 0. The van der Waals surface area contributed by atoms with Crippen LogP contribution in [0.3, 0.4) is 0 Å². The van der Waals surface area contributed by atoms with E-state index >= 15 is 0 Å². The molecule has 1 rings (SSSR count). The molecule has 0 saturated heterocycles. The lowest BCUT2D eigenvalue weighted by Crippen LogP contribution is -2.30. The maximum absolute atomic E-state index is 5.75. The van der Waals surface area contributed by atoms with Crippen LogP contribution in [0.4, 0.5) is 0 Å². The molecule has 0 spiro atoms. The normalized spacial score (nSPS) is 13.5. The lowest BCUT2D eigenvalue weighted by molar-refractivity contribution is 0.187. The van der Waals surface area contributed by atoms with Crippen LogP contribution < -0.4 is 10.5 Å². The molecule has 1 aromatic carbocycles. The molecule has 1 atom stereocenters. The number of hydrogen-bond acceptors (Lipinski definition) is 2. The highest BCUT2D eigenvalue weighted by Crippen LogP contribution is 2.22. The monoisotopic (exact) mass is 235 g/mol. The van der Waals surface area contributed by atoms with E-state index in [9.17, 15) is 0 Å². The second kappa shape index (κ2) is 6.06. The van der Waals surface area contributed by atoms with Gasteiger partial charge in [0.15, 0.2) is 0 Å². The van der Waals surface area contributed by atoms with E-state index in [2.05, 4.69) is 39.8 Å². The molecule has 0 aliphatic carbocycles. The predicted octanol–water partition coefficient (Wildman–Crippen LogP) is 3.56. The third-order valence-corrected chi connectivity index (χ3v) is 3.24. The number of nitrogens with two attached hydrogens (primary N) is 1. The fourth-order valence-corrected chi connectivity index (χ4v) is 1.47. The third-order valence-electron chi connectivity index (χ3n) is 3.24. The SMILES string of the molecule is CCC(C)c1ccc(OCC(C)(C)CN)cc1. The second-order valence-electron chi connectivity index (χ2n) is 5.54. The summed E-state index contributed by atoms with van der Waals surface area (Å²) in [4.78, 5) is 0. The highest BCUT2D eigenvalue weighted by molar-refractivity contribution is 5.29. The smallest absolute Gasteiger partial charge is 0.119 e. The zero-order valence-electron chi connectivity index (χ0n) is 11.5. The Labute approximate surface area is 105 Å². The number of hydrogen-bond donors (Lipinski definition) is 1. The molecule has 0 heterocycles. The average molecular weight is 235 g/mol. The fraction of sp³-hybridized carbons (Fsp3) is 0.600. The van der Waals surface area contributed by atoms with Crippen LogP contribution in [0.1, 0.15) is 45.6 Å². The maximum atomic E-state index is 5.75. The van der Waals surface area contributed by atoms with Crippen molar-refractivity contribution < 1.29 is 4.74 Å². The van der Waals surface area contributed by atoms with Gasteiger partial charge in [0.2, 0.25) is 0 Å². The van der Waals surface area contributed by atoms with Gasteiger partial charge in [0.05, 0.1) is 6.61 Å². The topological polar surface area (TPSA) is 35.2 Å². The third kappa shape index (κ3) is 4.39. The van der Waals surface area contributed by atoms with Gasteiger partial charge in [-0.1, -0.05) is 39.8 Å². The summed E-state index contributed by atoms with van der Waals surface area (Å²) in [5.41, 5.74) is 7.08. The van der Waals surface area contributed by atoms with Crippen LogP contribution in [0.5, 0.6) is 5.75 Å². The summed E-state index contributed by atoms with van der Waals surface area (Å²) in [7, 11) is 0. The minimum Gasteiger partial charge on any atom is -0.493 e. The number of ether oxygens (including phenoxy) is 1. The van der Waals surface area contributed by atoms with Crippen molar-refractivity contribution in [2.45, 2.75) is 40.0 Å². The van der Waals surface area contributed by atoms with E-state index in [-0.39, 0.29) is 5.41 Å². The second-order valence-corrected chi connectivity index (χ2v) is 5.54. The van der Waals surface area contributed by atoms with Gasteiger partial charge < -0.3 is 10.5 Å². The molecule has 1 unspecified atom stereocenters. The quantitative estimate of drug-likeness (QED) is 0.818. The standard InChI is InChI=1S/C15H25NO/c1-5-12(2)13-6-8-14(9-7-13)17-11-15(3,4)10-16/h6-9,12H,5,10-11,16H2,1-4H3.